The number of esters is 1. The maximum absolute atomic E-state index is 12.6. The van der Waals surface area contributed by atoms with Crippen LogP contribution in [-0.2, 0) is 16.0 Å². The number of carbonyl (C=O) groups is 1. The summed E-state index contributed by atoms with van der Waals surface area (Å²) in [4.78, 5) is 12.6. The molecule has 3 aromatic carbocycles. The lowest BCUT2D eigenvalue weighted by atomic mass is 9.87. The van der Waals surface area contributed by atoms with Crippen LogP contribution in [0.3, 0.4) is 0 Å². The molecule has 0 amide bonds. The van der Waals surface area contributed by atoms with Gasteiger partial charge in [-0.05, 0) is 54.0 Å². The molecule has 5 nitrogen and oxygen atoms in total. The third-order valence-electron chi connectivity index (χ3n) is 5.98. The van der Waals surface area contributed by atoms with Crippen molar-refractivity contribution >= 4 is 34.9 Å². The largest absolute Gasteiger partial charge is 0.493 e. The Bertz CT molecular complexity index is 1260. The highest BCUT2D eigenvalue weighted by atomic mass is 35.5. The predicted octanol–water partition coefficient (Wildman–Crippen LogP) is 5.52. The van der Waals surface area contributed by atoms with Crippen molar-refractivity contribution in [1.82, 2.24) is 0 Å². The van der Waals surface area contributed by atoms with Crippen LogP contribution in [0.4, 0.5) is 0 Å². The van der Waals surface area contributed by atoms with Crippen molar-refractivity contribution < 1.29 is 23.6 Å². The zero-order valence-corrected chi connectivity index (χ0v) is 21.0. The van der Waals surface area contributed by atoms with Gasteiger partial charge in [0.25, 0.3) is 0 Å². The molecule has 0 bridgehead atoms. The first kappa shape index (κ1) is 24.6. The van der Waals surface area contributed by atoms with Gasteiger partial charge in [-0.3, -0.25) is 0 Å². The highest BCUT2D eigenvalue weighted by Gasteiger charge is 2.32. The summed E-state index contributed by atoms with van der Waals surface area (Å²) in [6, 6.07) is 21.9. The average molecular weight is 491 g/mol. The molecular formula is C29H29ClNO4+. The number of rotatable bonds is 8. The van der Waals surface area contributed by atoms with Crippen LogP contribution in [0.5, 0.6) is 11.5 Å². The Morgan fingerprint density at radius 3 is 2.34 bits per heavy atom. The van der Waals surface area contributed by atoms with E-state index in [-0.39, 0.29) is 12.5 Å². The number of carbonyl (C=O) groups excluding carboxylic acids is 1. The lowest BCUT2D eigenvalue weighted by Crippen LogP contribution is -2.35. The van der Waals surface area contributed by atoms with Crippen LogP contribution in [0.1, 0.15) is 29.2 Å². The Hall–Kier alpha value is -3.57. The van der Waals surface area contributed by atoms with E-state index in [1.54, 1.807) is 14.2 Å². The normalized spacial score (nSPS) is 13.3. The summed E-state index contributed by atoms with van der Waals surface area (Å²) in [6.07, 6.45) is 2.90. The van der Waals surface area contributed by atoms with Crippen LogP contribution in [0, 0.1) is 0 Å². The molecule has 4 rings (SSSR count). The SMILES string of the molecule is CCOC(=O)C[N+]1=C(C(=Cc2ccc(Cl)cc2)c2ccccc2)c2cc(OC)c(OC)cc2CC1. The second-order valence-corrected chi connectivity index (χ2v) is 8.60. The van der Waals surface area contributed by atoms with Crippen LogP contribution < -0.4 is 9.47 Å². The van der Waals surface area contributed by atoms with Gasteiger partial charge in [-0.15, -0.1) is 0 Å². The molecule has 0 fully saturated rings. The molecule has 180 valence electrons. The van der Waals surface area contributed by atoms with E-state index >= 15 is 0 Å². The van der Waals surface area contributed by atoms with Gasteiger partial charge in [0.1, 0.15) is 6.54 Å². The summed E-state index contributed by atoms with van der Waals surface area (Å²) >= 11 is 6.14. The fourth-order valence-corrected chi connectivity index (χ4v) is 4.48. The van der Waals surface area contributed by atoms with Gasteiger partial charge in [-0.25, -0.2) is 9.37 Å². The molecule has 6 heteroatoms. The summed E-state index contributed by atoms with van der Waals surface area (Å²) in [5.74, 6) is 1.07. The second-order valence-electron chi connectivity index (χ2n) is 8.17. The first-order valence-electron chi connectivity index (χ1n) is 11.6. The van der Waals surface area contributed by atoms with Crippen molar-refractivity contribution in [2.75, 3.05) is 33.9 Å². The molecule has 0 radical (unpaired) electrons. The first-order valence-corrected chi connectivity index (χ1v) is 12.0. The molecule has 0 spiro atoms. The molecule has 0 N–H and O–H groups in total. The molecule has 1 heterocycles. The highest BCUT2D eigenvalue weighted by molar-refractivity contribution is 6.34. The van der Waals surface area contributed by atoms with E-state index < -0.39 is 0 Å². The molecule has 0 aliphatic carbocycles. The standard InChI is InChI=1S/C29H29ClNO4/c1-4-35-28(32)19-31-15-14-22-17-26(33-2)27(34-3)18-25(22)29(31)24(21-8-6-5-7-9-21)16-20-10-12-23(30)13-11-20/h5-13,16-18H,4,14-15,19H2,1-3H3/q+1. The number of nitrogens with zero attached hydrogens (tertiary/aromatic N) is 1. The molecular weight excluding hydrogens is 462 g/mol. The summed E-state index contributed by atoms with van der Waals surface area (Å²) in [6.45, 7) is 2.99. The molecule has 0 aromatic heterocycles. The molecule has 0 unspecified atom stereocenters. The third-order valence-corrected chi connectivity index (χ3v) is 6.23. The van der Waals surface area contributed by atoms with Crippen molar-refractivity contribution in [3.63, 3.8) is 0 Å². The fraction of sp³-hybridized carbons (Fsp3) is 0.241. The number of methoxy groups -OCH3 is 2. The van der Waals surface area contributed by atoms with Crippen LogP contribution >= 0.6 is 11.6 Å². The van der Waals surface area contributed by atoms with E-state index in [0.29, 0.717) is 29.7 Å². The molecule has 0 saturated heterocycles. The van der Waals surface area contributed by atoms with Gasteiger partial charge in [-0.2, -0.15) is 0 Å². The van der Waals surface area contributed by atoms with Crippen LogP contribution in [0.25, 0.3) is 11.6 Å². The van der Waals surface area contributed by atoms with Gasteiger partial charge in [0, 0.05) is 11.4 Å². The number of fused-ring (bicyclic) bond motifs is 1. The molecule has 35 heavy (non-hydrogen) atoms. The summed E-state index contributed by atoms with van der Waals surface area (Å²) in [5.41, 5.74) is 6.11. The summed E-state index contributed by atoms with van der Waals surface area (Å²) < 4.78 is 18.6. The number of ether oxygens (including phenoxy) is 3. The lowest BCUT2D eigenvalue weighted by Gasteiger charge is -2.22. The second kappa shape index (κ2) is 11.2. The highest BCUT2D eigenvalue weighted by Crippen LogP contribution is 2.36. The lowest BCUT2D eigenvalue weighted by molar-refractivity contribution is -0.518. The third kappa shape index (κ3) is 5.57. The molecule has 1 aliphatic rings. The van der Waals surface area contributed by atoms with Gasteiger partial charge in [0.15, 0.2) is 11.5 Å². The van der Waals surface area contributed by atoms with E-state index in [1.807, 2.05) is 61.5 Å². The maximum atomic E-state index is 12.6. The minimum atomic E-state index is -0.257. The van der Waals surface area contributed by atoms with Crippen LogP contribution in [0.2, 0.25) is 5.02 Å². The maximum Gasteiger partial charge on any atom is 0.372 e. The van der Waals surface area contributed by atoms with E-state index in [1.165, 1.54) is 0 Å². The zero-order valence-electron chi connectivity index (χ0n) is 20.2. The number of allylic oxidation sites excluding steroid dienone is 1. The Balaban J connectivity index is 1.98. The van der Waals surface area contributed by atoms with E-state index in [2.05, 4.69) is 22.8 Å². The molecule has 0 saturated carbocycles. The topological polar surface area (TPSA) is 47.8 Å². The van der Waals surface area contributed by atoms with Gasteiger partial charge in [0.2, 0.25) is 12.3 Å². The van der Waals surface area contributed by atoms with Crippen LogP contribution in [0.15, 0.2) is 66.7 Å². The minimum Gasteiger partial charge on any atom is -0.493 e. The quantitative estimate of drug-likeness (QED) is 0.237. The van der Waals surface area contributed by atoms with Crippen molar-refractivity contribution in [1.29, 1.82) is 0 Å². The first-order chi connectivity index (χ1) is 17.0. The van der Waals surface area contributed by atoms with E-state index in [4.69, 9.17) is 25.8 Å². The minimum absolute atomic E-state index is 0.155. The van der Waals surface area contributed by atoms with E-state index in [9.17, 15) is 4.79 Å². The summed E-state index contributed by atoms with van der Waals surface area (Å²) in [7, 11) is 3.27. The van der Waals surface area contributed by atoms with Crippen molar-refractivity contribution in [3.05, 3.63) is 94.0 Å². The Morgan fingerprint density at radius 2 is 1.69 bits per heavy atom. The van der Waals surface area contributed by atoms with Gasteiger partial charge < -0.3 is 14.2 Å². The van der Waals surface area contributed by atoms with Crippen molar-refractivity contribution in [3.8, 4) is 11.5 Å². The fourth-order valence-electron chi connectivity index (χ4n) is 4.35. The Morgan fingerprint density at radius 1 is 1.00 bits per heavy atom. The van der Waals surface area contributed by atoms with Gasteiger partial charge in [0.05, 0.1) is 32.0 Å². The predicted molar refractivity (Wildman–Crippen MR) is 140 cm³/mol. The average Bonchev–Trinajstić information content (AvgIpc) is 2.88. The number of halogens is 1. The Kier molecular flexibility index (Phi) is 7.88. The summed E-state index contributed by atoms with van der Waals surface area (Å²) in [5, 5.41) is 0.680. The monoisotopic (exact) mass is 490 g/mol. The Labute approximate surface area is 211 Å². The molecule has 3 aromatic rings. The zero-order chi connectivity index (χ0) is 24.8. The number of hydrogen-bond acceptors (Lipinski definition) is 4. The molecule has 1 aliphatic heterocycles. The van der Waals surface area contributed by atoms with Crippen molar-refractivity contribution in [2.24, 2.45) is 0 Å². The number of hydrogen-bond donors (Lipinski definition) is 0. The van der Waals surface area contributed by atoms with Crippen molar-refractivity contribution in [2.45, 2.75) is 13.3 Å². The smallest absolute Gasteiger partial charge is 0.372 e. The van der Waals surface area contributed by atoms with Gasteiger partial charge in [-0.1, -0.05) is 54.1 Å². The van der Waals surface area contributed by atoms with Gasteiger partial charge >= 0.3 is 5.97 Å². The molecule has 0 atom stereocenters. The van der Waals surface area contributed by atoms with E-state index in [0.717, 1.165) is 40.0 Å². The van der Waals surface area contributed by atoms with Crippen LogP contribution in [-0.4, -0.2) is 50.2 Å². The number of benzene rings is 3.